The number of rotatable bonds is 2. The second kappa shape index (κ2) is 4.90. The summed E-state index contributed by atoms with van der Waals surface area (Å²) in [7, 11) is 0. The van der Waals surface area contributed by atoms with Gasteiger partial charge in [0.15, 0.2) is 11.5 Å². The Morgan fingerprint density at radius 2 is 2.00 bits per heavy atom. The van der Waals surface area contributed by atoms with E-state index in [1.54, 1.807) is 6.33 Å². The van der Waals surface area contributed by atoms with Gasteiger partial charge in [0.2, 0.25) is 5.95 Å². The highest BCUT2D eigenvalue weighted by Gasteiger charge is 2.20. The van der Waals surface area contributed by atoms with Crippen molar-refractivity contribution in [2.75, 3.05) is 36.5 Å². The summed E-state index contributed by atoms with van der Waals surface area (Å²) in [6.45, 7) is 9.36. The Labute approximate surface area is 117 Å². The summed E-state index contributed by atoms with van der Waals surface area (Å²) >= 11 is 0. The number of hydrogen-bond acceptors (Lipinski definition) is 6. The largest absolute Gasteiger partial charge is 0.378 e. The fourth-order valence-corrected chi connectivity index (χ4v) is 2.21. The van der Waals surface area contributed by atoms with Gasteiger partial charge in [-0.05, 0) is 20.8 Å². The zero-order valence-corrected chi connectivity index (χ0v) is 12.1. The van der Waals surface area contributed by atoms with Crippen LogP contribution >= 0.6 is 0 Å². The van der Waals surface area contributed by atoms with Crippen molar-refractivity contribution in [1.82, 2.24) is 19.9 Å². The molecule has 0 saturated carbocycles. The van der Waals surface area contributed by atoms with Crippen LogP contribution in [0.15, 0.2) is 6.33 Å². The number of imidazole rings is 1. The van der Waals surface area contributed by atoms with E-state index in [9.17, 15) is 0 Å². The molecule has 2 aromatic rings. The lowest BCUT2D eigenvalue weighted by molar-refractivity contribution is 0.122. The second-order valence-electron chi connectivity index (χ2n) is 5.95. The maximum absolute atomic E-state index is 5.40. The summed E-state index contributed by atoms with van der Waals surface area (Å²) in [5.74, 6) is 1.50. The molecule has 2 aromatic heterocycles. The Hall–Kier alpha value is -1.89. The number of aromatic amines is 1. The number of aromatic nitrogens is 4. The van der Waals surface area contributed by atoms with Crippen LogP contribution in [0.4, 0.5) is 11.8 Å². The van der Waals surface area contributed by atoms with Crippen molar-refractivity contribution in [3.63, 3.8) is 0 Å². The molecule has 0 bridgehead atoms. The fraction of sp³-hybridized carbons (Fsp3) is 0.615. The molecule has 7 nitrogen and oxygen atoms in total. The minimum absolute atomic E-state index is 0.0910. The lowest BCUT2D eigenvalue weighted by atomic mass is 10.1. The molecule has 108 valence electrons. The molecule has 0 aromatic carbocycles. The Morgan fingerprint density at radius 3 is 2.70 bits per heavy atom. The van der Waals surface area contributed by atoms with E-state index in [1.165, 1.54) is 0 Å². The number of morpholine rings is 1. The van der Waals surface area contributed by atoms with Crippen molar-refractivity contribution < 1.29 is 4.74 Å². The smallest absolute Gasteiger partial charge is 0.227 e. The molecule has 0 atom stereocenters. The first-order valence-electron chi connectivity index (χ1n) is 6.85. The van der Waals surface area contributed by atoms with Crippen LogP contribution in [0.2, 0.25) is 0 Å². The third-order valence-corrected chi connectivity index (χ3v) is 3.06. The minimum Gasteiger partial charge on any atom is -0.378 e. The van der Waals surface area contributed by atoms with Gasteiger partial charge >= 0.3 is 0 Å². The predicted molar refractivity (Wildman–Crippen MR) is 78.1 cm³/mol. The summed E-state index contributed by atoms with van der Waals surface area (Å²) in [4.78, 5) is 18.7. The van der Waals surface area contributed by atoms with Gasteiger partial charge in [-0.25, -0.2) is 4.98 Å². The van der Waals surface area contributed by atoms with Crippen molar-refractivity contribution in [2.45, 2.75) is 26.3 Å². The molecular formula is C13H20N6O. The third kappa shape index (κ3) is 2.67. The van der Waals surface area contributed by atoms with Crippen LogP contribution < -0.4 is 10.2 Å². The standard InChI is InChI=1S/C13H20N6O/c1-13(2,3)18-12-16-10-9(14-8-15-10)11(17-12)19-4-6-20-7-5-19/h8H,4-7H2,1-3H3,(H2,14,15,16,17,18). The molecule has 0 radical (unpaired) electrons. The van der Waals surface area contributed by atoms with E-state index in [0.717, 1.165) is 37.6 Å². The number of H-pyrrole nitrogens is 1. The van der Waals surface area contributed by atoms with Crippen LogP contribution in [0.5, 0.6) is 0 Å². The molecular weight excluding hydrogens is 256 g/mol. The molecule has 1 saturated heterocycles. The molecule has 7 heteroatoms. The Morgan fingerprint density at radius 1 is 1.25 bits per heavy atom. The average molecular weight is 276 g/mol. The van der Waals surface area contributed by atoms with Crippen LogP contribution in [0.1, 0.15) is 20.8 Å². The highest BCUT2D eigenvalue weighted by molar-refractivity contribution is 5.84. The minimum atomic E-state index is -0.0910. The van der Waals surface area contributed by atoms with Gasteiger partial charge in [-0.15, -0.1) is 0 Å². The quantitative estimate of drug-likeness (QED) is 0.863. The van der Waals surface area contributed by atoms with Gasteiger partial charge in [-0.3, -0.25) is 0 Å². The normalized spacial score (nSPS) is 16.6. The van der Waals surface area contributed by atoms with E-state index in [4.69, 9.17) is 4.74 Å². The second-order valence-corrected chi connectivity index (χ2v) is 5.95. The maximum Gasteiger partial charge on any atom is 0.227 e. The summed E-state index contributed by atoms with van der Waals surface area (Å²) in [5.41, 5.74) is 1.48. The molecule has 1 fully saturated rings. The summed E-state index contributed by atoms with van der Waals surface area (Å²) in [6, 6.07) is 0. The number of anilines is 2. The molecule has 3 rings (SSSR count). The Balaban J connectivity index is 2.01. The fourth-order valence-electron chi connectivity index (χ4n) is 2.21. The van der Waals surface area contributed by atoms with Gasteiger partial charge in [0, 0.05) is 18.6 Å². The topological polar surface area (TPSA) is 79.0 Å². The third-order valence-electron chi connectivity index (χ3n) is 3.06. The van der Waals surface area contributed by atoms with Gasteiger partial charge < -0.3 is 19.9 Å². The average Bonchev–Trinajstić information content (AvgIpc) is 2.85. The Bertz CT molecular complexity index is 596. The SMILES string of the molecule is CC(C)(C)Nc1nc(N2CCOCC2)c2[nH]cnc2n1. The lowest BCUT2D eigenvalue weighted by Gasteiger charge is -2.28. The molecule has 2 N–H and O–H groups in total. The first kappa shape index (κ1) is 13.1. The summed E-state index contributed by atoms with van der Waals surface area (Å²) in [6.07, 6.45) is 1.66. The summed E-state index contributed by atoms with van der Waals surface area (Å²) < 4.78 is 5.40. The van der Waals surface area contributed by atoms with E-state index >= 15 is 0 Å². The van der Waals surface area contributed by atoms with Crippen LogP contribution in [-0.2, 0) is 4.74 Å². The molecule has 1 aliphatic rings. The maximum atomic E-state index is 5.40. The van der Waals surface area contributed by atoms with Gasteiger partial charge in [0.05, 0.1) is 19.5 Å². The highest BCUT2D eigenvalue weighted by Crippen LogP contribution is 2.24. The van der Waals surface area contributed by atoms with E-state index < -0.39 is 0 Å². The van der Waals surface area contributed by atoms with Gasteiger partial charge in [0.25, 0.3) is 0 Å². The van der Waals surface area contributed by atoms with E-state index in [1.807, 2.05) is 0 Å². The van der Waals surface area contributed by atoms with Crippen LogP contribution in [0, 0.1) is 0 Å². The predicted octanol–water partition coefficient (Wildman–Crippen LogP) is 1.40. The van der Waals surface area contributed by atoms with Gasteiger partial charge in [0.1, 0.15) is 5.52 Å². The first-order chi connectivity index (χ1) is 9.53. The van der Waals surface area contributed by atoms with Crippen LogP contribution in [-0.4, -0.2) is 51.8 Å². The number of nitrogens with one attached hydrogen (secondary N) is 2. The van der Waals surface area contributed by atoms with E-state index in [2.05, 4.69) is 50.9 Å². The van der Waals surface area contributed by atoms with Crippen LogP contribution in [0.3, 0.4) is 0 Å². The van der Waals surface area contributed by atoms with Crippen molar-refractivity contribution >= 4 is 22.9 Å². The van der Waals surface area contributed by atoms with E-state index in [-0.39, 0.29) is 5.54 Å². The molecule has 20 heavy (non-hydrogen) atoms. The first-order valence-corrected chi connectivity index (χ1v) is 6.85. The zero-order valence-electron chi connectivity index (χ0n) is 12.1. The van der Waals surface area contributed by atoms with Crippen molar-refractivity contribution in [3.8, 4) is 0 Å². The van der Waals surface area contributed by atoms with Crippen molar-refractivity contribution in [3.05, 3.63) is 6.33 Å². The van der Waals surface area contributed by atoms with Crippen molar-refractivity contribution in [1.29, 1.82) is 0 Å². The zero-order chi connectivity index (χ0) is 14.2. The van der Waals surface area contributed by atoms with Gasteiger partial charge in [-0.1, -0.05) is 0 Å². The molecule has 3 heterocycles. The number of hydrogen-bond donors (Lipinski definition) is 2. The van der Waals surface area contributed by atoms with Crippen molar-refractivity contribution in [2.24, 2.45) is 0 Å². The molecule has 0 aliphatic carbocycles. The lowest BCUT2D eigenvalue weighted by Crippen LogP contribution is -2.37. The summed E-state index contributed by atoms with van der Waals surface area (Å²) in [5, 5.41) is 3.31. The molecule has 0 spiro atoms. The highest BCUT2D eigenvalue weighted by atomic mass is 16.5. The number of nitrogens with zero attached hydrogens (tertiary/aromatic N) is 4. The van der Waals surface area contributed by atoms with E-state index in [0.29, 0.717) is 11.6 Å². The molecule has 0 amide bonds. The number of ether oxygens (including phenoxy) is 1. The van der Waals surface area contributed by atoms with Gasteiger partial charge in [-0.2, -0.15) is 9.97 Å². The molecule has 0 unspecified atom stereocenters. The van der Waals surface area contributed by atoms with Crippen LogP contribution in [0.25, 0.3) is 11.2 Å². The molecule has 1 aliphatic heterocycles. The Kier molecular flexibility index (Phi) is 3.21. The monoisotopic (exact) mass is 276 g/mol. The number of fused-ring (bicyclic) bond motifs is 1.